The minimum atomic E-state index is -0.841. The third kappa shape index (κ3) is 5.24. The van der Waals surface area contributed by atoms with Crippen LogP contribution in [0.2, 0.25) is 6.82 Å². The lowest BCUT2D eigenvalue weighted by molar-refractivity contribution is -0.119. The highest BCUT2D eigenvalue weighted by molar-refractivity contribution is 6.46. The first-order valence-corrected chi connectivity index (χ1v) is 6.23. The van der Waals surface area contributed by atoms with Gasteiger partial charge >= 0.3 is 7.05 Å². The fourth-order valence-corrected chi connectivity index (χ4v) is 1.76. The summed E-state index contributed by atoms with van der Waals surface area (Å²) in [6, 6.07) is 6.56. The number of aryl methyl sites for hydroxylation is 1. The van der Waals surface area contributed by atoms with Crippen LogP contribution in [0.25, 0.3) is 0 Å². The molecule has 0 radical (unpaired) electrons. The molecular formula is C13H19BN2O3. The van der Waals surface area contributed by atoms with Gasteiger partial charge in [0.05, 0.1) is 6.04 Å². The van der Waals surface area contributed by atoms with Gasteiger partial charge in [-0.3, -0.25) is 9.59 Å². The molecule has 1 aromatic rings. The van der Waals surface area contributed by atoms with E-state index in [1.807, 2.05) is 19.1 Å². The maximum Gasteiger partial charge on any atom is 0.374 e. The number of ketones is 1. The number of rotatable bonds is 7. The topological polar surface area (TPSA) is 92.4 Å². The van der Waals surface area contributed by atoms with Crippen LogP contribution < -0.4 is 11.0 Å². The Bertz CT molecular complexity index is 446. The van der Waals surface area contributed by atoms with Crippen molar-refractivity contribution in [2.24, 2.45) is 5.73 Å². The van der Waals surface area contributed by atoms with E-state index in [2.05, 4.69) is 5.23 Å². The fourth-order valence-electron chi connectivity index (χ4n) is 1.76. The number of amides is 1. The molecule has 0 saturated heterocycles. The number of hydrogen-bond donors (Lipinski definition) is 3. The van der Waals surface area contributed by atoms with Crippen molar-refractivity contribution in [2.45, 2.75) is 32.6 Å². The molecule has 0 saturated carbocycles. The van der Waals surface area contributed by atoms with Crippen LogP contribution in [0.1, 0.15) is 28.8 Å². The summed E-state index contributed by atoms with van der Waals surface area (Å²) in [5.74, 6) is -0.615. The van der Waals surface area contributed by atoms with E-state index in [1.54, 1.807) is 12.1 Å². The van der Waals surface area contributed by atoms with E-state index in [4.69, 9.17) is 5.73 Å². The first kappa shape index (κ1) is 15.4. The van der Waals surface area contributed by atoms with E-state index in [0.717, 1.165) is 5.56 Å². The Morgan fingerprint density at radius 2 is 1.95 bits per heavy atom. The number of nitrogens with one attached hydrogen (secondary N) is 1. The van der Waals surface area contributed by atoms with E-state index in [0.29, 0.717) is 5.56 Å². The Morgan fingerprint density at radius 1 is 1.37 bits per heavy atom. The van der Waals surface area contributed by atoms with Crippen molar-refractivity contribution in [1.82, 2.24) is 5.23 Å². The molecule has 0 aromatic heterocycles. The number of primary amides is 1. The number of nitrogens with two attached hydrogens (primary N) is 1. The van der Waals surface area contributed by atoms with Gasteiger partial charge in [-0.15, -0.1) is 0 Å². The second-order valence-electron chi connectivity index (χ2n) is 4.63. The van der Waals surface area contributed by atoms with E-state index < -0.39 is 19.0 Å². The molecule has 6 heteroatoms. The lowest BCUT2D eigenvalue weighted by Gasteiger charge is -2.15. The third-order valence-electron chi connectivity index (χ3n) is 2.82. The number of carbonyl (C=O) groups is 2. The fraction of sp³-hybridized carbons (Fsp3) is 0.385. The maximum atomic E-state index is 11.9. The number of Topliss-reactive ketones (excluding diaryl/α,β-unsaturated/α-hetero) is 1. The van der Waals surface area contributed by atoms with Gasteiger partial charge in [-0.25, -0.2) is 0 Å². The van der Waals surface area contributed by atoms with Crippen molar-refractivity contribution in [3.63, 3.8) is 0 Å². The molecule has 0 aliphatic rings. The maximum absolute atomic E-state index is 11.9. The number of hydrogen-bond acceptors (Lipinski definition) is 4. The Hall–Kier alpha value is -1.66. The summed E-state index contributed by atoms with van der Waals surface area (Å²) in [4.78, 5) is 23.1. The van der Waals surface area contributed by atoms with Gasteiger partial charge in [-0.1, -0.05) is 29.8 Å². The predicted octanol–water partition coefficient (Wildman–Crippen LogP) is 0.512. The second kappa shape index (κ2) is 7.06. The van der Waals surface area contributed by atoms with Crippen molar-refractivity contribution >= 4 is 18.7 Å². The summed E-state index contributed by atoms with van der Waals surface area (Å²) in [6.07, 6.45) is 0.476. The van der Waals surface area contributed by atoms with Crippen LogP contribution in [0, 0.1) is 6.92 Å². The molecule has 19 heavy (non-hydrogen) atoms. The minimum Gasteiger partial charge on any atom is -0.437 e. The molecule has 0 heterocycles. The van der Waals surface area contributed by atoms with Crippen LogP contribution in [-0.2, 0) is 4.79 Å². The zero-order valence-corrected chi connectivity index (χ0v) is 11.2. The largest absolute Gasteiger partial charge is 0.437 e. The van der Waals surface area contributed by atoms with Gasteiger partial charge < -0.3 is 16.0 Å². The van der Waals surface area contributed by atoms with Crippen LogP contribution in [0.3, 0.4) is 0 Å². The van der Waals surface area contributed by atoms with Gasteiger partial charge in [0, 0.05) is 12.0 Å². The van der Waals surface area contributed by atoms with Gasteiger partial charge in [0.2, 0.25) is 5.91 Å². The first-order valence-electron chi connectivity index (χ1n) is 6.23. The molecule has 1 atom stereocenters. The SMILES string of the molecule is CB(O)N[C@@H](CCC(=O)c1ccc(C)cc1)C(N)=O. The average Bonchev–Trinajstić information content (AvgIpc) is 2.34. The molecule has 1 amide bonds. The molecule has 5 nitrogen and oxygen atoms in total. The standard InChI is InChI=1S/C13H19BN2O3/c1-9-3-5-10(6-4-9)12(17)8-7-11(13(15)18)16-14(2)19/h3-6,11,16,19H,7-8H2,1-2H3,(H2,15,18)/t11-/m0/s1. The average molecular weight is 262 g/mol. The van der Waals surface area contributed by atoms with Crippen molar-refractivity contribution in [2.75, 3.05) is 0 Å². The van der Waals surface area contributed by atoms with Crippen LogP contribution in [0.5, 0.6) is 0 Å². The number of carbonyl (C=O) groups excluding carboxylic acids is 2. The summed E-state index contributed by atoms with van der Waals surface area (Å²) in [7, 11) is -0.841. The lowest BCUT2D eigenvalue weighted by Crippen LogP contribution is -2.47. The van der Waals surface area contributed by atoms with Crippen molar-refractivity contribution in [3.05, 3.63) is 35.4 Å². The van der Waals surface area contributed by atoms with Gasteiger partial charge in [0.15, 0.2) is 5.78 Å². The highest BCUT2D eigenvalue weighted by atomic mass is 16.2. The van der Waals surface area contributed by atoms with E-state index in [1.165, 1.54) is 6.82 Å². The summed E-state index contributed by atoms with van der Waals surface area (Å²) in [5, 5.41) is 11.8. The monoisotopic (exact) mass is 262 g/mol. The minimum absolute atomic E-state index is 0.0429. The van der Waals surface area contributed by atoms with E-state index in [9.17, 15) is 14.6 Å². The molecule has 1 aromatic carbocycles. The molecule has 0 spiro atoms. The van der Waals surface area contributed by atoms with E-state index >= 15 is 0 Å². The Balaban J connectivity index is 2.56. The Kier molecular flexibility index (Phi) is 5.72. The normalized spacial score (nSPS) is 11.9. The van der Waals surface area contributed by atoms with Crippen LogP contribution in [0.4, 0.5) is 0 Å². The van der Waals surface area contributed by atoms with Gasteiger partial charge in [0.1, 0.15) is 0 Å². The predicted molar refractivity (Wildman–Crippen MR) is 74.7 cm³/mol. The quantitative estimate of drug-likeness (QED) is 0.493. The summed E-state index contributed by atoms with van der Waals surface area (Å²) >= 11 is 0. The summed E-state index contributed by atoms with van der Waals surface area (Å²) < 4.78 is 0. The molecule has 0 unspecified atom stereocenters. The Morgan fingerprint density at radius 3 is 2.42 bits per heavy atom. The molecule has 0 bridgehead atoms. The van der Waals surface area contributed by atoms with Gasteiger partial charge in [-0.05, 0) is 20.2 Å². The zero-order chi connectivity index (χ0) is 14.4. The van der Waals surface area contributed by atoms with Crippen molar-refractivity contribution in [3.8, 4) is 0 Å². The second-order valence-corrected chi connectivity index (χ2v) is 4.63. The molecule has 102 valence electrons. The highest BCUT2D eigenvalue weighted by Gasteiger charge is 2.20. The smallest absolute Gasteiger partial charge is 0.374 e. The molecule has 0 fully saturated rings. The third-order valence-corrected chi connectivity index (χ3v) is 2.82. The van der Waals surface area contributed by atoms with E-state index in [-0.39, 0.29) is 18.6 Å². The number of benzene rings is 1. The van der Waals surface area contributed by atoms with Crippen LogP contribution in [0.15, 0.2) is 24.3 Å². The molecule has 0 aliphatic carbocycles. The summed E-state index contributed by atoms with van der Waals surface area (Å²) in [6.45, 7) is 3.45. The highest BCUT2D eigenvalue weighted by Crippen LogP contribution is 2.09. The first-order chi connectivity index (χ1) is 8.90. The van der Waals surface area contributed by atoms with Crippen molar-refractivity contribution < 1.29 is 14.6 Å². The van der Waals surface area contributed by atoms with Crippen LogP contribution >= 0.6 is 0 Å². The molecule has 1 rings (SSSR count). The lowest BCUT2D eigenvalue weighted by atomic mass is 9.86. The van der Waals surface area contributed by atoms with Gasteiger partial charge in [0.25, 0.3) is 0 Å². The molecule has 4 N–H and O–H groups in total. The Labute approximate surface area is 113 Å². The van der Waals surface area contributed by atoms with Crippen molar-refractivity contribution in [1.29, 1.82) is 0 Å². The zero-order valence-electron chi connectivity index (χ0n) is 11.2. The summed E-state index contributed by atoms with van der Waals surface area (Å²) in [5.41, 5.74) is 6.91. The molecule has 0 aliphatic heterocycles. The molecular weight excluding hydrogens is 243 g/mol. The van der Waals surface area contributed by atoms with Crippen LogP contribution in [-0.4, -0.2) is 29.8 Å². The van der Waals surface area contributed by atoms with Gasteiger partial charge in [-0.2, -0.15) is 0 Å².